The van der Waals surface area contributed by atoms with Gasteiger partial charge in [-0.2, -0.15) is 0 Å². The molecule has 0 saturated heterocycles. The van der Waals surface area contributed by atoms with Gasteiger partial charge < -0.3 is 20.4 Å². The maximum atomic E-state index is 10.7. The molecule has 4 N–H and O–H groups in total. The van der Waals surface area contributed by atoms with E-state index in [1.165, 1.54) is 0 Å². The van der Waals surface area contributed by atoms with E-state index in [-0.39, 0.29) is 0 Å². The minimum Gasteiger partial charge on any atom is -0.480 e. The molecule has 0 saturated carbocycles. The Balaban J connectivity index is 4.96. The Morgan fingerprint density at radius 2 is 1.62 bits per heavy atom. The Morgan fingerprint density at radius 3 is 1.88 bits per heavy atom. The van der Waals surface area contributed by atoms with Crippen LogP contribution < -0.4 is 0 Å². The molecule has 1 unspecified atom stereocenters. The fourth-order valence-corrected chi connectivity index (χ4v) is 1.14. The molecule has 0 aromatic carbocycles. The van der Waals surface area contributed by atoms with Crippen molar-refractivity contribution in [2.75, 3.05) is 13.2 Å². The number of rotatable bonds is 7. The predicted octanol–water partition coefficient (Wildman–Crippen LogP) is -1.71. The zero-order valence-electron chi connectivity index (χ0n) is 8.53. The second-order valence-corrected chi connectivity index (χ2v) is 3.12. The molecule has 0 spiro atoms. The SMILES string of the molecule is CC(C(=O)O)N(CC(=O)O)[C@@H](CO)C(=O)O. The Bertz CT molecular complexity index is 290. The molecule has 16 heavy (non-hydrogen) atoms. The molecule has 8 nitrogen and oxygen atoms in total. The lowest BCUT2D eigenvalue weighted by Gasteiger charge is -2.28. The monoisotopic (exact) mass is 235 g/mol. The van der Waals surface area contributed by atoms with Gasteiger partial charge in [-0.1, -0.05) is 0 Å². The van der Waals surface area contributed by atoms with Gasteiger partial charge >= 0.3 is 17.9 Å². The van der Waals surface area contributed by atoms with Crippen molar-refractivity contribution in [1.82, 2.24) is 4.90 Å². The van der Waals surface area contributed by atoms with E-state index in [0.29, 0.717) is 4.90 Å². The van der Waals surface area contributed by atoms with Gasteiger partial charge in [-0.25, -0.2) is 0 Å². The summed E-state index contributed by atoms with van der Waals surface area (Å²) in [4.78, 5) is 32.5. The molecule has 2 atom stereocenters. The summed E-state index contributed by atoms with van der Waals surface area (Å²) in [5.74, 6) is -4.20. The van der Waals surface area contributed by atoms with Crippen LogP contribution in [0.5, 0.6) is 0 Å². The second kappa shape index (κ2) is 6.03. The molecular formula is C8H13NO7. The summed E-state index contributed by atoms with van der Waals surface area (Å²) in [6.07, 6.45) is 0. The van der Waals surface area contributed by atoms with Crippen LogP contribution in [0.15, 0.2) is 0 Å². The van der Waals surface area contributed by atoms with E-state index in [2.05, 4.69) is 0 Å². The van der Waals surface area contributed by atoms with E-state index in [4.69, 9.17) is 20.4 Å². The van der Waals surface area contributed by atoms with Crippen molar-refractivity contribution in [1.29, 1.82) is 0 Å². The first-order valence-corrected chi connectivity index (χ1v) is 4.35. The highest BCUT2D eigenvalue weighted by atomic mass is 16.4. The van der Waals surface area contributed by atoms with Crippen LogP contribution >= 0.6 is 0 Å². The lowest BCUT2D eigenvalue weighted by atomic mass is 10.2. The van der Waals surface area contributed by atoms with Crippen molar-refractivity contribution in [3.63, 3.8) is 0 Å². The minimum absolute atomic E-state index is 0.688. The largest absolute Gasteiger partial charge is 0.480 e. The molecule has 0 aliphatic carbocycles. The average molecular weight is 235 g/mol. The second-order valence-electron chi connectivity index (χ2n) is 3.12. The minimum atomic E-state index is -1.55. The average Bonchev–Trinajstić information content (AvgIpc) is 2.14. The third kappa shape index (κ3) is 3.83. The van der Waals surface area contributed by atoms with E-state index in [1.54, 1.807) is 0 Å². The Kier molecular flexibility index (Phi) is 5.40. The quantitative estimate of drug-likeness (QED) is 0.409. The van der Waals surface area contributed by atoms with Crippen molar-refractivity contribution < 1.29 is 34.8 Å². The number of nitrogens with zero attached hydrogens (tertiary/aromatic N) is 1. The van der Waals surface area contributed by atoms with Crippen LogP contribution in [-0.4, -0.2) is 68.5 Å². The highest BCUT2D eigenvalue weighted by Crippen LogP contribution is 2.06. The van der Waals surface area contributed by atoms with Gasteiger partial charge in [0.2, 0.25) is 0 Å². The lowest BCUT2D eigenvalue weighted by molar-refractivity contribution is -0.154. The first kappa shape index (κ1) is 14.3. The molecule has 0 aliphatic heterocycles. The maximum absolute atomic E-state index is 10.7. The number of hydrogen-bond donors (Lipinski definition) is 4. The highest BCUT2D eigenvalue weighted by Gasteiger charge is 2.33. The van der Waals surface area contributed by atoms with Gasteiger partial charge in [0.1, 0.15) is 12.1 Å². The van der Waals surface area contributed by atoms with Gasteiger partial charge in [-0.15, -0.1) is 0 Å². The first-order valence-electron chi connectivity index (χ1n) is 4.35. The van der Waals surface area contributed by atoms with Crippen LogP contribution in [0.2, 0.25) is 0 Å². The van der Waals surface area contributed by atoms with Gasteiger partial charge in [-0.05, 0) is 6.92 Å². The predicted molar refractivity (Wildman–Crippen MR) is 49.9 cm³/mol. The molecule has 0 aliphatic rings. The molecule has 0 fully saturated rings. The van der Waals surface area contributed by atoms with Crippen LogP contribution in [0.25, 0.3) is 0 Å². The fraction of sp³-hybridized carbons (Fsp3) is 0.625. The molecular weight excluding hydrogens is 222 g/mol. The number of hydrogen-bond acceptors (Lipinski definition) is 5. The van der Waals surface area contributed by atoms with Crippen molar-refractivity contribution in [3.05, 3.63) is 0 Å². The van der Waals surface area contributed by atoms with Gasteiger partial charge in [0, 0.05) is 0 Å². The molecule has 0 heterocycles. The van der Waals surface area contributed by atoms with Crippen LogP contribution in [0, 0.1) is 0 Å². The standard InChI is InChI=1S/C8H13NO7/c1-4(7(13)14)9(2-6(11)12)5(3-10)8(15)16/h4-5,10H,2-3H2,1H3,(H,11,12)(H,13,14)(H,15,16)/t4?,5-/m0/s1. The molecule has 0 aromatic heterocycles. The molecule has 0 amide bonds. The lowest BCUT2D eigenvalue weighted by Crippen LogP contribution is -2.53. The third-order valence-corrected chi connectivity index (χ3v) is 2.03. The highest BCUT2D eigenvalue weighted by molar-refractivity contribution is 5.79. The van der Waals surface area contributed by atoms with Crippen molar-refractivity contribution >= 4 is 17.9 Å². The van der Waals surface area contributed by atoms with Crippen LogP contribution in [0.1, 0.15) is 6.92 Å². The van der Waals surface area contributed by atoms with Crippen LogP contribution in [0.3, 0.4) is 0 Å². The topological polar surface area (TPSA) is 135 Å². The van der Waals surface area contributed by atoms with Gasteiger partial charge in [0.25, 0.3) is 0 Å². The molecule has 92 valence electrons. The Morgan fingerprint density at radius 1 is 1.12 bits per heavy atom. The summed E-state index contributed by atoms with van der Waals surface area (Å²) in [6.45, 7) is -0.484. The van der Waals surface area contributed by atoms with Gasteiger partial charge in [0.15, 0.2) is 0 Å². The number of carboxylic acid groups (broad SMARTS) is 3. The zero-order chi connectivity index (χ0) is 12.9. The Hall–Kier alpha value is -1.67. The summed E-state index contributed by atoms with van der Waals surface area (Å²) < 4.78 is 0. The number of carbonyl (C=O) groups is 3. The summed E-state index contributed by atoms with van der Waals surface area (Å²) in [5.41, 5.74) is 0. The molecule has 0 radical (unpaired) electrons. The van der Waals surface area contributed by atoms with Gasteiger partial charge in [0.05, 0.1) is 13.2 Å². The number of aliphatic hydroxyl groups excluding tert-OH is 1. The first-order chi connectivity index (χ1) is 7.31. The van der Waals surface area contributed by atoms with Gasteiger partial charge in [-0.3, -0.25) is 19.3 Å². The van der Waals surface area contributed by atoms with Crippen LogP contribution in [0.4, 0.5) is 0 Å². The maximum Gasteiger partial charge on any atom is 0.323 e. The molecule has 0 aromatic rings. The number of carboxylic acids is 3. The zero-order valence-corrected chi connectivity index (χ0v) is 8.53. The van der Waals surface area contributed by atoms with E-state index in [0.717, 1.165) is 6.92 Å². The third-order valence-electron chi connectivity index (χ3n) is 2.03. The number of aliphatic hydroxyl groups is 1. The summed E-state index contributed by atoms with van der Waals surface area (Å²) in [5, 5.41) is 34.7. The Labute approximate surface area is 90.7 Å². The number of aliphatic carboxylic acids is 3. The molecule has 0 rings (SSSR count). The van der Waals surface area contributed by atoms with Crippen molar-refractivity contribution in [3.8, 4) is 0 Å². The fourth-order valence-electron chi connectivity index (χ4n) is 1.14. The van der Waals surface area contributed by atoms with Crippen molar-refractivity contribution in [2.24, 2.45) is 0 Å². The summed E-state index contributed by atoms with van der Waals surface area (Å²) in [7, 11) is 0. The smallest absolute Gasteiger partial charge is 0.323 e. The van der Waals surface area contributed by atoms with Crippen molar-refractivity contribution in [2.45, 2.75) is 19.0 Å². The summed E-state index contributed by atoms with van der Waals surface area (Å²) >= 11 is 0. The normalized spacial score (nSPS) is 14.4. The summed E-state index contributed by atoms with van der Waals surface area (Å²) in [6, 6.07) is -2.87. The van der Waals surface area contributed by atoms with Crippen LogP contribution in [-0.2, 0) is 14.4 Å². The van der Waals surface area contributed by atoms with E-state index in [9.17, 15) is 14.4 Å². The molecule has 8 heteroatoms. The molecule has 0 bridgehead atoms. The van der Waals surface area contributed by atoms with E-state index >= 15 is 0 Å². The van der Waals surface area contributed by atoms with E-state index in [1.807, 2.05) is 0 Å². The van der Waals surface area contributed by atoms with E-state index < -0.39 is 43.1 Å².